The van der Waals surface area contributed by atoms with E-state index in [1.54, 1.807) is 0 Å². The van der Waals surface area contributed by atoms with E-state index in [2.05, 4.69) is 42.5 Å². The molecule has 3 heteroatoms. The summed E-state index contributed by atoms with van der Waals surface area (Å²) in [6.45, 7) is 5.40. The van der Waals surface area contributed by atoms with Crippen LogP contribution in [0.25, 0.3) is 10.8 Å². The molecule has 2 nitrogen and oxygen atoms in total. The Morgan fingerprint density at radius 3 is 2.18 bits per heavy atom. The van der Waals surface area contributed by atoms with Crippen molar-refractivity contribution in [1.82, 2.24) is 0 Å². The van der Waals surface area contributed by atoms with Crippen molar-refractivity contribution in [3.05, 3.63) is 42.5 Å². The van der Waals surface area contributed by atoms with Gasteiger partial charge in [0.2, 0.25) is 0 Å². The molecule has 0 bridgehead atoms. The van der Waals surface area contributed by atoms with Crippen LogP contribution in [0.15, 0.2) is 42.5 Å². The summed E-state index contributed by atoms with van der Waals surface area (Å²) in [6, 6.07) is 14.8. The van der Waals surface area contributed by atoms with Crippen LogP contribution in [0.1, 0.15) is 13.8 Å². The van der Waals surface area contributed by atoms with Crippen LogP contribution in [0.5, 0.6) is 0 Å². The third-order valence-electron chi connectivity index (χ3n) is 2.54. The van der Waals surface area contributed by atoms with Gasteiger partial charge in [-0.25, -0.2) is 0 Å². The molecule has 0 atom stereocenters. The van der Waals surface area contributed by atoms with Crippen LogP contribution in [-0.4, -0.2) is 22.5 Å². The molecule has 2 aromatic rings. The zero-order valence-corrected chi connectivity index (χ0v) is 11.3. The molecule has 0 unspecified atom stereocenters. The van der Waals surface area contributed by atoms with Crippen LogP contribution < -0.4 is 5.19 Å². The molecule has 0 saturated carbocycles. The van der Waals surface area contributed by atoms with Crippen LogP contribution in [0.2, 0.25) is 0 Å². The highest BCUT2D eigenvalue weighted by molar-refractivity contribution is 6.61. The van der Waals surface area contributed by atoms with Crippen molar-refractivity contribution < 1.29 is 8.85 Å². The highest BCUT2D eigenvalue weighted by Crippen LogP contribution is 2.11. The summed E-state index contributed by atoms with van der Waals surface area (Å²) in [4.78, 5) is 0. The van der Waals surface area contributed by atoms with Crippen LogP contribution in [0.3, 0.4) is 0 Å². The number of rotatable bonds is 5. The summed E-state index contributed by atoms with van der Waals surface area (Å²) in [6.07, 6.45) is 0. The van der Waals surface area contributed by atoms with E-state index >= 15 is 0 Å². The molecule has 0 heterocycles. The normalized spacial score (nSPS) is 11.2. The first-order chi connectivity index (χ1) is 8.35. The van der Waals surface area contributed by atoms with E-state index in [1.807, 2.05) is 13.8 Å². The Morgan fingerprint density at radius 1 is 0.882 bits per heavy atom. The molecule has 89 valence electrons. The Kier molecular flexibility index (Phi) is 4.31. The zero-order valence-electron chi connectivity index (χ0n) is 10.3. The highest BCUT2D eigenvalue weighted by Gasteiger charge is 2.17. The maximum Gasteiger partial charge on any atom is 0.423 e. The molecule has 0 spiro atoms. The monoisotopic (exact) mass is 245 g/mol. The predicted octanol–water partition coefficient (Wildman–Crippen LogP) is 2.61. The smallest absolute Gasteiger partial charge is 0.390 e. The largest absolute Gasteiger partial charge is 0.423 e. The molecule has 0 aliphatic heterocycles. The molecule has 0 saturated heterocycles. The first-order valence-corrected chi connectivity index (χ1v) is 7.28. The van der Waals surface area contributed by atoms with Crippen LogP contribution >= 0.6 is 0 Å². The summed E-state index contributed by atoms with van der Waals surface area (Å²) in [5, 5.41) is 3.68. The van der Waals surface area contributed by atoms with Crippen molar-refractivity contribution in [2.45, 2.75) is 13.8 Å². The Bertz CT molecular complexity index is 478. The van der Waals surface area contributed by atoms with Gasteiger partial charge < -0.3 is 8.85 Å². The molecule has 2 aromatic carbocycles. The SMILES string of the molecule is CCO[Si](OCC)c1ccc2ccccc2c1. The second-order valence-electron chi connectivity index (χ2n) is 3.72. The fraction of sp³-hybridized carbons (Fsp3) is 0.286. The molecular weight excluding hydrogens is 228 g/mol. The van der Waals surface area contributed by atoms with E-state index in [1.165, 1.54) is 16.0 Å². The molecule has 0 aliphatic rings. The van der Waals surface area contributed by atoms with Gasteiger partial charge in [-0.15, -0.1) is 0 Å². The van der Waals surface area contributed by atoms with E-state index in [-0.39, 0.29) is 0 Å². The molecular formula is C14H17O2Si. The van der Waals surface area contributed by atoms with Gasteiger partial charge in [-0.05, 0) is 29.8 Å². The molecule has 0 aliphatic carbocycles. The molecule has 2 rings (SSSR count). The molecule has 1 radical (unpaired) electrons. The summed E-state index contributed by atoms with van der Waals surface area (Å²) in [5.74, 6) is 0. The maximum atomic E-state index is 5.70. The van der Waals surface area contributed by atoms with E-state index < -0.39 is 9.28 Å². The Morgan fingerprint density at radius 2 is 1.53 bits per heavy atom. The third kappa shape index (κ3) is 2.94. The topological polar surface area (TPSA) is 18.5 Å². The van der Waals surface area contributed by atoms with Crippen LogP contribution in [0.4, 0.5) is 0 Å². The molecule has 0 amide bonds. The Labute approximate surface area is 104 Å². The average Bonchev–Trinajstić information content (AvgIpc) is 2.38. The number of hydrogen-bond donors (Lipinski definition) is 0. The molecule has 17 heavy (non-hydrogen) atoms. The van der Waals surface area contributed by atoms with Gasteiger partial charge in [-0.1, -0.05) is 42.5 Å². The average molecular weight is 245 g/mol. The quantitative estimate of drug-likeness (QED) is 0.754. The van der Waals surface area contributed by atoms with Crippen molar-refractivity contribution in [3.63, 3.8) is 0 Å². The van der Waals surface area contributed by atoms with Crippen molar-refractivity contribution in [2.75, 3.05) is 13.2 Å². The van der Waals surface area contributed by atoms with Crippen molar-refractivity contribution in [3.8, 4) is 0 Å². The minimum Gasteiger partial charge on any atom is -0.390 e. The van der Waals surface area contributed by atoms with E-state index in [9.17, 15) is 0 Å². The second-order valence-corrected chi connectivity index (χ2v) is 5.45. The Hall–Kier alpha value is -1.16. The second kappa shape index (κ2) is 5.96. The first kappa shape index (κ1) is 12.3. The van der Waals surface area contributed by atoms with Gasteiger partial charge in [0.25, 0.3) is 0 Å². The summed E-state index contributed by atoms with van der Waals surface area (Å²) < 4.78 is 11.4. The minimum atomic E-state index is -1.31. The van der Waals surface area contributed by atoms with Crippen LogP contribution in [0, 0.1) is 0 Å². The van der Waals surface area contributed by atoms with Gasteiger partial charge in [0.05, 0.1) is 0 Å². The van der Waals surface area contributed by atoms with Gasteiger partial charge in [0, 0.05) is 13.2 Å². The van der Waals surface area contributed by atoms with Crippen molar-refractivity contribution >= 4 is 25.2 Å². The van der Waals surface area contributed by atoms with Crippen molar-refractivity contribution in [2.24, 2.45) is 0 Å². The first-order valence-electron chi connectivity index (χ1n) is 5.97. The number of benzene rings is 2. The van der Waals surface area contributed by atoms with Gasteiger partial charge in [-0.2, -0.15) is 0 Å². The molecule has 0 N–H and O–H groups in total. The number of fused-ring (bicyclic) bond motifs is 1. The highest BCUT2D eigenvalue weighted by atomic mass is 28.3. The fourth-order valence-corrected chi connectivity index (χ4v) is 3.22. The van der Waals surface area contributed by atoms with Gasteiger partial charge >= 0.3 is 9.28 Å². The summed E-state index contributed by atoms with van der Waals surface area (Å²) in [5.41, 5.74) is 0. The molecule has 0 fully saturated rings. The van der Waals surface area contributed by atoms with E-state index in [0.717, 1.165) is 0 Å². The minimum absolute atomic E-state index is 0.696. The van der Waals surface area contributed by atoms with Gasteiger partial charge in [0.1, 0.15) is 0 Å². The lowest BCUT2D eigenvalue weighted by molar-refractivity contribution is 0.225. The van der Waals surface area contributed by atoms with Gasteiger partial charge in [-0.3, -0.25) is 0 Å². The third-order valence-corrected chi connectivity index (χ3v) is 4.42. The zero-order chi connectivity index (χ0) is 12.1. The standard InChI is InChI=1S/C14H17O2Si/c1-3-15-17(16-4-2)14-10-9-12-7-5-6-8-13(12)11-14/h5-11H,3-4H2,1-2H3. The lowest BCUT2D eigenvalue weighted by Gasteiger charge is -2.13. The van der Waals surface area contributed by atoms with Crippen LogP contribution in [-0.2, 0) is 8.85 Å². The lowest BCUT2D eigenvalue weighted by atomic mass is 10.1. The molecule has 0 aromatic heterocycles. The van der Waals surface area contributed by atoms with E-state index in [4.69, 9.17) is 8.85 Å². The Balaban J connectivity index is 2.32. The summed E-state index contributed by atoms with van der Waals surface area (Å²) >= 11 is 0. The fourth-order valence-electron chi connectivity index (χ4n) is 1.79. The summed E-state index contributed by atoms with van der Waals surface area (Å²) in [7, 11) is -1.31. The van der Waals surface area contributed by atoms with E-state index in [0.29, 0.717) is 13.2 Å². The lowest BCUT2D eigenvalue weighted by Crippen LogP contribution is -2.36. The van der Waals surface area contributed by atoms with Crippen molar-refractivity contribution in [1.29, 1.82) is 0 Å². The van der Waals surface area contributed by atoms with Gasteiger partial charge in [0.15, 0.2) is 0 Å². The number of hydrogen-bond acceptors (Lipinski definition) is 2. The predicted molar refractivity (Wildman–Crippen MR) is 72.6 cm³/mol. The maximum absolute atomic E-state index is 5.70.